The molecule has 0 fully saturated rings. The fourth-order valence-electron chi connectivity index (χ4n) is 2.36. The Hall–Kier alpha value is -2.16. The van der Waals surface area contributed by atoms with Crippen LogP contribution in [-0.2, 0) is 0 Å². The number of rotatable bonds is 6. The number of hydrogen-bond donors (Lipinski definition) is 0. The first kappa shape index (κ1) is 14.3. The van der Waals surface area contributed by atoms with Gasteiger partial charge in [0.2, 0.25) is 0 Å². The Bertz CT molecular complexity index is 537. The van der Waals surface area contributed by atoms with E-state index >= 15 is 0 Å². The number of anilines is 1. The minimum Gasteiger partial charge on any atom is -0.227 e. The van der Waals surface area contributed by atoms with E-state index in [9.17, 15) is 4.91 Å². The van der Waals surface area contributed by atoms with E-state index in [0.29, 0.717) is 0 Å². The molecular weight excluding hydrogens is 248 g/mol. The van der Waals surface area contributed by atoms with Gasteiger partial charge in [-0.05, 0) is 36.6 Å². The van der Waals surface area contributed by atoms with Gasteiger partial charge in [0.25, 0.3) is 0 Å². The summed E-state index contributed by atoms with van der Waals surface area (Å²) >= 11 is 0. The second-order valence-corrected chi connectivity index (χ2v) is 4.98. The lowest BCUT2D eigenvalue weighted by Crippen LogP contribution is -2.27. The van der Waals surface area contributed by atoms with E-state index in [1.165, 1.54) is 5.56 Å². The van der Waals surface area contributed by atoms with Gasteiger partial charge in [-0.15, -0.1) is 4.91 Å². The molecule has 0 saturated carbocycles. The van der Waals surface area contributed by atoms with Crippen LogP contribution in [0.2, 0.25) is 0 Å². The number of nitrogens with zero attached hydrogens (tertiary/aromatic N) is 2. The molecule has 0 aliphatic carbocycles. The summed E-state index contributed by atoms with van der Waals surface area (Å²) in [5.74, 6) is 0. The summed E-state index contributed by atoms with van der Waals surface area (Å²) in [7, 11) is 0. The van der Waals surface area contributed by atoms with E-state index in [4.69, 9.17) is 0 Å². The molecule has 104 valence electrons. The molecule has 3 nitrogen and oxygen atoms in total. The van der Waals surface area contributed by atoms with Crippen LogP contribution in [0.5, 0.6) is 0 Å². The van der Waals surface area contributed by atoms with Crippen molar-refractivity contribution in [2.45, 2.75) is 32.7 Å². The van der Waals surface area contributed by atoms with Gasteiger partial charge in [0, 0.05) is 0 Å². The van der Waals surface area contributed by atoms with Crippen LogP contribution in [0, 0.1) is 4.91 Å². The molecule has 1 unspecified atom stereocenters. The molecule has 0 radical (unpaired) electrons. The zero-order chi connectivity index (χ0) is 14.4. The molecule has 3 heteroatoms. The molecule has 0 aliphatic rings. The minimum absolute atomic E-state index is 0.125. The second kappa shape index (κ2) is 6.85. The van der Waals surface area contributed by atoms with Gasteiger partial charge >= 0.3 is 0 Å². The van der Waals surface area contributed by atoms with Gasteiger partial charge in [0.15, 0.2) is 0 Å². The summed E-state index contributed by atoms with van der Waals surface area (Å²) in [5.41, 5.74) is 3.16. The van der Waals surface area contributed by atoms with Crippen molar-refractivity contribution >= 4 is 5.69 Å². The predicted octanol–water partition coefficient (Wildman–Crippen LogP) is 5.03. The number of benzene rings is 2. The lowest BCUT2D eigenvalue weighted by Gasteiger charge is -2.22. The third-order valence-electron chi connectivity index (χ3n) is 3.45. The van der Waals surface area contributed by atoms with Gasteiger partial charge in [-0.25, -0.2) is 5.01 Å². The van der Waals surface area contributed by atoms with E-state index in [0.717, 1.165) is 24.1 Å². The van der Waals surface area contributed by atoms with Crippen molar-refractivity contribution in [3.63, 3.8) is 0 Å². The van der Waals surface area contributed by atoms with Crippen molar-refractivity contribution in [3.05, 3.63) is 59.5 Å². The summed E-state index contributed by atoms with van der Waals surface area (Å²) in [6, 6.07) is 18.3. The molecule has 0 N–H and O–H groups in total. The molecule has 20 heavy (non-hydrogen) atoms. The lowest BCUT2D eigenvalue weighted by atomic mass is 10.1. The highest BCUT2D eigenvalue weighted by atomic mass is 16.3. The quantitative estimate of drug-likeness (QED) is 0.543. The molecule has 0 spiro atoms. The van der Waals surface area contributed by atoms with Gasteiger partial charge < -0.3 is 0 Å². The third-order valence-corrected chi connectivity index (χ3v) is 3.45. The predicted molar refractivity (Wildman–Crippen MR) is 84.5 cm³/mol. The maximum atomic E-state index is 11.1. The Labute approximate surface area is 120 Å². The van der Waals surface area contributed by atoms with Crippen LogP contribution in [0.3, 0.4) is 0 Å². The first-order chi connectivity index (χ1) is 9.76. The number of nitroso groups, excluding NO2 is 1. The molecular formula is C17H20N2O. The topological polar surface area (TPSA) is 32.7 Å². The Kier molecular flexibility index (Phi) is 4.88. The van der Waals surface area contributed by atoms with E-state index in [-0.39, 0.29) is 6.04 Å². The average molecular weight is 268 g/mol. The van der Waals surface area contributed by atoms with Crippen molar-refractivity contribution < 1.29 is 0 Å². The van der Waals surface area contributed by atoms with E-state index in [1.807, 2.05) is 49.4 Å². The maximum absolute atomic E-state index is 11.1. The molecule has 0 amide bonds. The molecule has 0 saturated heterocycles. The van der Waals surface area contributed by atoms with E-state index in [2.05, 4.69) is 24.3 Å². The van der Waals surface area contributed by atoms with Gasteiger partial charge in [0.1, 0.15) is 0 Å². The number of hydrogen-bond acceptors (Lipinski definition) is 2. The first-order valence-electron chi connectivity index (χ1n) is 7.04. The second-order valence-electron chi connectivity index (χ2n) is 4.98. The monoisotopic (exact) mass is 268 g/mol. The van der Waals surface area contributed by atoms with Crippen LogP contribution in [0.25, 0.3) is 11.1 Å². The van der Waals surface area contributed by atoms with Gasteiger partial charge in [-0.2, -0.15) is 0 Å². The Balaban J connectivity index is 2.21. The normalized spacial score (nSPS) is 11.9. The smallest absolute Gasteiger partial charge is 0.0629 e. The Morgan fingerprint density at radius 1 is 1.00 bits per heavy atom. The molecule has 0 heterocycles. The summed E-state index contributed by atoms with van der Waals surface area (Å²) in [6.07, 6.45) is 1.99. The van der Waals surface area contributed by atoms with Gasteiger partial charge in [-0.3, -0.25) is 0 Å². The van der Waals surface area contributed by atoms with Crippen LogP contribution in [0.4, 0.5) is 5.69 Å². The van der Waals surface area contributed by atoms with Crippen molar-refractivity contribution in [2.24, 2.45) is 5.29 Å². The molecule has 2 aromatic carbocycles. The summed E-state index contributed by atoms with van der Waals surface area (Å²) < 4.78 is 0. The Morgan fingerprint density at radius 2 is 1.60 bits per heavy atom. The minimum atomic E-state index is 0.125. The van der Waals surface area contributed by atoms with Gasteiger partial charge in [-0.1, -0.05) is 55.8 Å². The zero-order valence-corrected chi connectivity index (χ0v) is 12.0. The van der Waals surface area contributed by atoms with Crippen LogP contribution in [-0.4, -0.2) is 6.04 Å². The highest BCUT2D eigenvalue weighted by Crippen LogP contribution is 2.25. The van der Waals surface area contributed by atoms with E-state index in [1.54, 1.807) is 5.01 Å². The summed E-state index contributed by atoms with van der Waals surface area (Å²) in [5, 5.41) is 4.72. The molecule has 1 atom stereocenters. The van der Waals surface area contributed by atoms with Crippen molar-refractivity contribution in [3.8, 4) is 11.1 Å². The standard InChI is InChI=1S/C17H20N2O/c1-3-7-14(2)19(18-20)17-12-10-16(11-13-17)15-8-5-4-6-9-15/h4-6,8-14H,3,7H2,1-2H3. The molecule has 0 aliphatic heterocycles. The van der Waals surface area contributed by atoms with Crippen LogP contribution in [0.1, 0.15) is 26.7 Å². The van der Waals surface area contributed by atoms with Crippen LogP contribution >= 0.6 is 0 Å². The van der Waals surface area contributed by atoms with Crippen molar-refractivity contribution in [1.29, 1.82) is 0 Å². The average Bonchev–Trinajstić information content (AvgIpc) is 2.50. The summed E-state index contributed by atoms with van der Waals surface area (Å²) in [6.45, 7) is 4.13. The largest absolute Gasteiger partial charge is 0.227 e. The van der Waals surface area contributed by atoms with Crippen LogP contribution < -0.4 is 5.01 Å². The van der Waals surface area contributed by atoms with Crippen LogP contribution in [0.15, 0.2) is 59.9 Å². The highest BCUT2D eigenvalue weighted by Gasteiger charge is 2.14. The maximum Gasteiger partial charge on any atom is 0.0629 e. The lowest BCUT2D eigenvalue weighted by molar-refractivity contribution is 0.592. The third kappa shape index (κ3) is 3.23. The fraction of sp³-hybridized carbons (Fsp3) is 0.294. The summed E-state index contributed by atoms with van der Waals surface area (Å²) in [4.78, 5) is 11.1. The zero-order valence-electron chi connectivity index (χ0n) is 12.0. The van der Waals surface area contributed by atoms with E-state index < -0.39 is 0 Å². The molecule has 0 aromatic heterocycles. The Morgan fingerprint density at radius 3 is 2.15 bits per heavy atom. The van der Waals surface area contributed by atoms with Crippen molar-refractivity contribution in [1.82, 2.24) is 0 Å². The molecule has 0 bridgehead atoms. The van der Waals surface area contributed by atoms with Gasteiger partial charge in [0.05, 0.1) is 17.0 Å². The first-order valence-corrected chi connectivity index (χ1v) is 7.04. The SMILES string of the molecule is CCCC(C)N(N=O)c1ccc(-c2ccccc2)cc1. The molecule has 2 rings (SSSR count). The molecule has 2 aromatic rings. The highest BCUT2D eigenvalue weighted by molar-refractivity contribution is 5.66. The van der Waals surface area contributed by atoms with Crippen molar-refractivity contribution in [2.75, 3.05) is 5.01 Å². The fourth-order valence-corrected chi connectivity index (χ4v) is 2.36.